The van der Waals surface area contributed by atoms with Gasteiger partial charge in [-0.3, -0.25) is 4.68 Å². The normalized spacial score (nSPS) is 19.7. The average Bonchev–Trinajstić information content (AvgIpc) is 3.08. The maximum atomic E-state index is 5.59. The molecule has 3 heterocycles. The van der Waals surface area contributed by atoms with Crippen LogP contribution in [0, 0.1) is 0 Å². The molecule has 3 rings (SSSR count). The Balaban J connectivity index is 1.75. The Labute approximate surface area is 113 Å². The second kappa shape index (κ2) is 5.68. The molecule has 0 aromatic carbocycles. The van der Waals surface area contributed by atoms with Crippen LogP contribution in [0.2, 0.25) is 0 Å². The quantitative estimate of drug-likeness (QED) is 0.841. The third kappa shape index (κ3) is 2.77. The molecule has 19 heavy (non-hydrogen) atoms. The fourth-order valence-electron chi connectivity index (χ4n) is 1.74. The van der Waals surface area contributed by atoms with Gasteiger partial charge >= 0.3 is 0 Å². The number of hydrogen-bond donors (Lipinski definition) is 1. The molecule has 1 unspecified atom stereocenters. The zero-order valence-electron chi connectivity index (χ0n) is 10.2. The molecule has 1 aliphatic rings. The average molecular weight is 282 g/mol. The number of hydrogen-bond acceptors (Lipinski definition) is 8. The lowest BCUT2D eigenvalue weighted by molar-refractivity contribution is 0.0677. The number of rotatable bonds is 4. The van der Waals surface area contributed by atoms with E-state index in [1.807, 2.05) is 11.8 Å². The maximum Gasteiger partial charge on any atom is 0.280 e. The maximum absolute atomic E-state index is 5.59. The molecule has 1 saturated heterocycles. The molecule has 2 aromatic heterocycles. The molecule has 1 fully saturated rings. The van der Waals surface area contributed by atoms with Gasteiger partial charge in [-0.15, -0.1) is 5.10 Å². The van der Waals surface area contributed by atoms with E-state index >= 15 is 0 Å². The lowest BCUT2D eigenvalue weighted by atomic mass is 10.4. The van der Waals surface area contributed by atoms with Gasteiger partial charge in [-0.2, -0.15) is 16.7 Å². The van der Waals surface area contributed by atoms with E-state index in [4.69, 9.17) is 15.0 Å². The van der Waals surface area contributed by atoms with Gasteiger partial charge in [0.15, 0.2) is 5.69 Å². The van der Waals surface area contributed by atoms with E-state index in [2.05, 4.69) is 20.5 Å². The minimum Gasteiger partial charge on any atom is -0.368 e. The third-order valence-electron chi connectivity index (χ3n) is 2.66. The summed E-state index contributed by atoms with van der Waals surface area (Å²) in [6, 6.07) is 0. The van der Waals surface area contributed by atoms with Crippen LogP contribution in [0.3, 0.4) is 0 Å². The highest BCUT2D eigenvalue weighted by molar-refractivity contribution is 7.99. The molecular formula is C10H14N6O2S. The first-order chi connectivity index (χ1) is 9.36. The van der Waals surface area contributed by atoms with Gasteiger partial charge in [-0.1, -0.05) is 10.4 Å². The van der Waals surface area contributed by atoms with E-state index < -0.39 is 0 Å². The van der Waals surface area contributed by atoms with Gasteiger partial charge in [0.2, 0.25) is 5.82 Å². The van der Waals surface area contributed by atoms with Crippen LogP contribution in [-0.2, 0) is 11.3 Å². The minimum absolute atomic E-state index is 0.102. The first-order valence-electron chi connectivity index (χ1n) is 6.00. The third-order valence-corrected chi connectivity index (χ3v) is 3.66. The second-order valence-corrected chi connectivity index (χ2v) is 5.20. The lowest BCUT2D eigenvalue weighted by Crippen LogP contribution is -2.16. The molecule has 0 aliphatic carbocycles. The van der Waals surface area contributed by atoms with Gasteiger partial charge in [-0.05, 0) is 0 Å². The van der Waals surface area contributed by atoms with Crippen LogP contribution in [-0.4, -0.2) is 49.8 Å². The van der Waals surface area contributed by atoms with Crippen LogP contribution in [0.4, 0.5) is 0 Å². The first kappa shape index (κ1) is 12.6. The number of nitrogens with two attached hydrogens (primary N) is 1. The summed E-state index contributed by atoms with van der Waals surface area (Å²) >= 11 is 1.82. The Kier molecular flexibility index (Phi) is 3.76. The molecule has 1 atom stereocenters. The van der Waals surface area contributed by atoms with Crippen molar-refractivity contribution in [2.45, 2.75) is 12.6 Å². The molecule has 9 heteroatoms. The second-order valence-electron chi connectivity index (χ2n) is 4.05. The standard InChI is InChI=1S/C10H14N6O2S/c11-1-2-16-5-7(13-15-16)10-12-9(14-18-10)8-6-19-4-3-17-8/h5,8H,1-4,6,11H2. The zero-order valence-corrected chi connectivity index (χ0v) is 11.0. The van der Waals surface area contributed by atoms with Gasteiger partial charge in [0, 0.05) is 18.1 Å². The monoisotopic (exact) mass is 282 g/mol. The van der Waals surface area contributed by atoms with Gasteiger partial charge < -0.3 is 15.0 Å². The molecular weight excluding hydrogens is 268 g/mol. The zero-order chi connectivity index (χ0) is 13.1. The summed E-state index contributed by atoms with van der Waals surface area (Å²) in [5.41, 5.74) is 6.00. The molecule has 0 bridgehead atoms. The highest BCUT2D eigenvalue weighted by atomic mass is 32.2. The van der Waals surface area contributed by atoms with Crippen molar-refractivity contribution in [3.05, 3.63) is 12.0 Å². The van der Waals surface area contributed by atoms with Crippen molar-refractivity contribution in [1.82, 2.24) is 25.1 Å². The van der Waals surface area contributed by atoms with E-state index in [0.717, 1.165) is 11.5 Å². The van der Waals surface area contributed by atoms with Crippen LogP contribution in [0.5, 0.6) is 0 Å². The highest BCUT2D eigenvalue weighted by Gasteiger charge is 2.23. The fraction of sp³-hybridized carbons (Fsp3) is 0.600. The SMILES string of the molecule is NCCn1cc(-c2nc(C3CSCCO3)no2)nn1. The van der Waals surface area contributed by atoms with E-state index in [1.165, 1.54) is 0 Å². The molecule has 0 radical (unpaired) electrons. The Morgan fingerprint density at radius 3 is 3.26 bits per heavy atom. The largest absolute Gasteiger partial charge is 0.368 e. The Hall–Kier alpha value is -1.45. The van der Waals surface area contributed by atoms with Crippen LogP contribution in [0.1, 0.15) is 11.9 Å². The van der Waals surface area contributed by atoms with Crippen molar-refractivity contribution >= 4 is 11.8 Å². The van der Waals surface area contributed by atoms with Crippen molar-refractivity contribution in [3.8, 4) is 11.6 Å². The van der Waals surface area contributed by atoms with Gasteiger partial charge in [0.25, 0.3) is 5.89 Å². The lowest BCUT2D eigenvalue weighted by Gasteiger charge is -2.18. The molecule has 2 aromatic rings. The number of ether oxygens (including phenoxy) is 1. The molecule has 102 valence electrons. The van der Waals surface area contributed by atoms with Crippen molar-refractivity contribution < 1.29 is 9.26 Å². The van der Waals surface area contributed by atoms with Crippen LogP contribution in [0.25, 0.3) is 11.6 Å². The number of aromatic nitrogens is 5. The van der Waals surface area contributed by atoms with E-state index in [-0.39, 0.29) is 6.10 Å². The summed E-state index contributed by atoms with van der Waals surface area (Å²) in [6.07, 6.45) is 1.64. The number of nitrogens with zero attached hydrogens (tertiary/aromatic N) is 5. The van der Waals surface area contributed by atoms with E-state index in [0.29, 0.717) is 37.1 Å². The van der Waals surface area contributed by atoms with Crippen molar-refractivity contribution in [2.24, 2.45) is 5.73 Å². The minimum atomic E-state index is -0.102. The fourth-order valence-corrected chi connectivity index (χ4v) is 2.58. The van der Waals surface area contributed by atoms with Gasteiger partial charge in [0.1, 0.15) is 6.10 Å². The molecule has 8 nitrogen and oxygen atoms in total. The van der Waals surface area contributed by atoms with Crippen LogP contribution >= 0.6 is 11.8 Å². The highest BCUT2D eigenvalue weighted by Crippen LogP contribution is 2.25. The summed E-state index contributed by atoms with van der Waals surface area (Å²) in [6.45, 7) is 1.83. The van der Waals surface area contributed by atoms with Crippen molar-refractivity contribution in [1.29, 1.82) is 0 Å². The van der Waals surface area contributed by atoms with Crippen LogP contribution in [0.15, 0.2) is 10.7 Å². The summed E-state index contributed by atoms with van der Waals surface area (Å²) in [7, 11) is 0. The molecule has 0 amide bonds. The summed E-state index contributed by atoms with van der Waals surface area (Å²) < 4.78 is 12.4. The molecule has 0 saturated carbocycles. The van der Waals surface area contributed by atoms with Gasteiger partial charge in [-0.25, -0.2) is 0 Å². The summed E-state index contributed by atoms with van der Waals surface area (Å²) in [5.74, 6) is 2.78. The summed E-state index contributed by atoms with van der Waals surface area (Å²) in [5, 5.41) is 11.9. The first-order valence-corrected chi connectivity index (χ1v) is 7.16. The van der Waals surface area contributed by atoms with Crippen LogP contribution < -0.4 is 5.73 Å². The van der Waals surface area contributed by atoms with Crippen molar-refractivity contribution in [3.63, 3.8) is 0 Å². The Morgan fingerprint density at radius 1 is 1.53 bits per heavy atom. The predicted octanol–water partition coefficient (Wildman–Crippen LogP) is 0.0913. The van der Waals surface area contributed by atoms with E-state index in [1.54, 1.807) is 10.9 Å². The molecule has 0 spiro atoms. The van der Waals surface area contributed by atoms with Gasteiger partial charge in [0.05, 0.1) is 19.3 Å². The van der Waals surface area contributed by atoms with Crippen molar-refractivity contribution in [2.75, 3.05) is 24.7 Å². The topological polar surface area (TPSA) is 105 Å². The molecule has 1 aliphatic heterocycles. The Bertz CT molecular complexity index is 536. The predicted molar refractivity (Wildman–Crippen MR) is 68.4 cm³/mol. The number of thioether (sulfide) groups is 1. The summed E-state index contributed by atoms with van der Waals surface area (Å²) in [4.78, 5) is 4.31. The smallest absolute Gasteiger partial charge is 0.280 e. The molecule has 2 N–H and O–H groups in total. The Morgan fingerprint density at radius 2 is 2.47 bits per heavy atom. The van der Waals surface area contributed by atoms with E-state index in [9.17, 15) is 0 Å².